The molecule has 0 aliphatic carbocycles. The van der Waals surface area contributed by atoms with Gasteiger partial charge in [0.2, 0.25) is 0 Å². The zero-order chi connectivity index (χ0) is 11.0. The quantitative estimate of drug-likeness (QED) is 0.811. The number of anilines is 1. The molecule has 0 amide bonds. The summed E-state index contributed by atoms with van der Waals surface area (Å²) in [5, 5.41) is 20.9. The van der Waals surface area contributed by atoms with Gasteiger partial charge in [0.1, 0.15) is 11.2 Å². The van der Waals surface area contributed by atoms with Crippen LogP contribution in [0, 0.1) is 0 Å². The Morgan fingerprint density at radius 3 is 3.00 bits per heavy atom. The SMILES string of the molecule is O=C(O)C1CC(O)CN1c1nc(Cl)cs1. The second-order valence-corrected chi connectivity index (χ2v) is 4.57. The molecule has 0 radical (unpaired) electrons. The van der Waals surface area contributed by atoms with E-state index in [0.29, 0.717) is 16.8 Å². The van der Waals surface area contributed by atoms with Gasteiger partial charge >= 0.3 is 5.97 Å². The van der Waals surface area contributed by atoms with Crippen molar-refractivity contribution in [3.8, 4) is 0 Å². The van der Waals surface area contributed by atoms with Crippen molar-refractivity contribution in [2.24, 2.45) is 0 Å². The Morgan fingerprint density at radius 2 is 2.47 bits per heavy atom. The highest BCUT2D eigenvalue weighted by Gasteiger charge is 2.37. The molecule has 82 valence electrons. The number of β-amino-alcohol motifs (C(OH)–C–C–N with tert-alkyl or cyclic N) is 1. The number of carboxylic acids is 1. The molecule has 2 rings (SSSR count). The van der Waals surface area contributed by atoms with E-state index in [1.807, 2.05) is 0 Å². The minimum Gasteiger partial charge on any atom is -0.480 e. The molecular weight excluding hydrogens is 240 g/mol. The van der Waals surface area contributed by atoms with E-state index in [9.17, 15) is 9.90 Å². The zero-order valence-corrected chi connectivity index (χ0v) is 9.20. The van der Waals surface area contributed by atoms with Gasteiger partial charge in [0.15, 0.2) is 5.13 Å². The summed E-state index contributed by atoms with van der Waals surface area (Å²) in [6, 6.07) is -0.706. The monoisotopic (exact) mass is 248 g/mol. The number of carbonyl (C=O) groups is 1. The number of nitrogens with zero attached hydrogens (tertiary/aromatic N) is 2. The van der Waals surface area contributed by atoms with Crippen LogP contribution in [0.1, 0.15) is 6.42 Å². The molecule has 1 aliphatic heterocycles. The Kier molecular flexibility index (Phi) is 2.81. The van der Waals surface area contributed by atoms with Crippen LogP contribution in [0.5, 0.6) is 0 Å². The first-order chi connectivity index (χ1) is 7.08. The topological polar surface area (TPSA) is 73.7 Å². The van der Waals surface area contributed by atoms with Gasteiger partial charge < -0.3 is 15.1 Å². The van der Waals surface area contributed by atoms with Crippen molar-refractivity contribution in [3.63, 3.8) is 0 Å². The summed E-state index contributed by atoms with van der Waals surface area (Å²) in [4.78, 5) is 16.5. The van der Waals surface area contributed by atoms with Gasteiger partial charge in [-0.15, -0.1) is 11.3 Å². The molecule has 2 unspecified atom stereocenters. The summed E-state index contributed by atoms with van der Waals surface area (Å²) in [6.45, 7) is 0.292. The lowest BCUT2D eigenvalue weighted by Crippen LogP contribution is -2.35. The maximum atomic E-state index is 10.9. The van der Waals surface area contributed by atoms with E-state index < -0.39 is 18.1 Å². The van der Waals surface area contributed by atoms with E-state index in [0.717, 1.165) is 0 Å². The summed E-state index contributed by atoms with van der Waals surface area (Å²) >= 11 is 6.94. The van der Waals surface area contributed by atoms with Gasteiger partial charge in [-0.05, 0) is 0 Å². The number of carboxylic acid groups (broad SMARTS) is 1. The standard InChI is InChI=1S/C8H9ClN2O3S/c9-6-3-15-8(10-6)11-2-4(12)1-5(11)7(13)14/h3-5,12H,1-2H2,(H,13,14). The predicted octanol–water partition coefficient (Wildman–Crippen LogP) is 0.821. The molecule has 15 heavy (non-hydrogen) atoms. The van der Waals surface area contributed by atoms with Gasteiger partial charge in [0, 0.05) is 18.3 Å². The first-order valence-corrected chi connectivity index (χ1v) is 5.62. The summed E-state index contributed by atoms with van der Waals surface area (Å²) in [7, 11) is 0. The molecule has 2 heterocycles. The van der Waals surface area contributed by atoms with Crippen molar-refractivity contribution >= 4 is 34.0 Å². The number of rotatable bonds is 2. The van der Waals surface area contributed by atoms with Crippen LogP contribution in [0.3, 0.4) is 0 Å². The molecule has 1 fully saturated rings. The number of hydrogen-bond donors (Lipinski definition) is 2. The van der Waals surface area contributed by atoms with Crippen LogP contribution in [0.4, 0.5) is 5.13 Å². The highest BCUT2D eigenvalue weighted by atomic mass is 35.5. The molecule has 1 saturated heterocycles. The van der Waals surface area contributed by atoms with Crippen LogP contribution in [-0.2, 0) is 4.79 Å². The van der Waals surface area contributed by atoms with E-state index >= 15 is 0 Å². The van der Waals surface area contributed by atoms with Crippen LogP contribution in [0.15, 0.2) is 5.38 Å². The molecule has 1 aromatic heterocycles. The summed E-state index contributed by atoms with van der Waals surface area (Å²) < 4.78 is 0. The molecule has 1 aromatic rings. The Labute approximate surface area is 94.9 Å². The molecule has 7 heteroatoms. The van der Waals surface area contributed by atoms with Crippen molar-refractivity contribution < 1.29 is 15.0 Å². The third-order valence-corrected chi connectivity index (χ3v) is 3.47. The fourth-order valence-corrected chi connectivity index (χ4v) is 2.64. The van der Waals surface area contributed by atoms with Gasteiger partial charge in [-0.3, -0.25) is 0 Å². The molecule has 2 N–H and O–H groups in total. The van der Waals surface area contributed by atoms with E-state index in [-0.39, 0.29) is 6.42 Å². The zero-order valence-electron chi connectivity index (χ0n) is 7.63. The van der Waals surface area contributed by atoms with Gasteiger partial charge in [-0.2, -0.15) is 0 Å². The minimum atomic E-state index is -0.946. The average Bonchev–Trinajstić information content (AvgIpc) is 2.71. The fourth-order valence-electron chi connectivity index (χ4n) is 1.64. The van der Waals surface area contributed by atoms with Crippen molar-refractivity contribution in [3.05, 3.63) is 10.5 Å². The van der Waals surface area contributed by atoms with Crippen LogP contribution in [0.2, 0.25) is 5.15 Å². The van der Waals surface area contributed by atoms with Crippen molar-refractivity contribution in [1.82, 2.24) is 4.98 Å². The molecule has 0 saturated carbocycles. The van der Waals surface area contributed by atoms with Crippen molar-refractivity contribution in [2.45, 2.75) is 18.6 Å². The fraction of sp³-hybridized carbons (Fsp3) is 0.500. The maximum Gasteiger partial charge on any atom is 0.326 e. The first kappa shape index (κ1) is 10.7. The summed E-state index contributed by atoms with van der Waals surface area (Å²) in [5.41, 5.74) is 0. The highest BCUT2D eigenvalue weighted by molar-refractivity contribution is 7.14. The lowest BCUT2D eigenvalue weighted by atomic mass is 10.2. The van der Waals surface area contributed by atoms with Crippen molar-refractivity contribution in [2.75, 3.05) is 11.4 Å². The molecule has 5 nitrogen and oxygen atoms in total. The van der Waals surface area contributed by atoms with Gasteiger partial charge in [0.25, 0.3) is 0 Å². The third kappa shape index (κ3) is 2.06. The van der Waals surface area contributed by atoms with E-state index in [4.69, 9.17) is 16.7 Å². The third-order valence-electron chi connectivity index (χ3n) is 2.27. The number of thiazole rings is 1. The average molecular weight is 249 g/mol. The summed E-state index contributed by atoms with van der Waals surface area (Å²) in [6.07, 6.45) is -0.388. The largest absolute Gasteiger partial charge is 0.480 e. The molecule has 0 bridgehead atoms. The van der Waals surface area contributed by atoms with Gasteiger partial charge in [-0.25, -0.2) is 9.78 Å². The first-order valence-electron chi connectivity index (χ1n) is 4.36. The summed E-state index contributed by atoms with van der Waals surface area (Å²) in [5.74, 6) is -0.946. The van der Waals surface area contributed by atoms with Gasteiger partial charge in [0.05, 0.1) is 6.10 Å². The number of aliphatic hydroxyl groups is 1. The van der Waals surface area contributed by atoms with Crippen LogP contribution >= 0.6 is 22.9 Å². The number of hydrogen-bond acceptors (Lipinski definition) is 5. The second kappa shape index (κ2) is 3.96. The molecule has 0 aromatic carbocycles. The molecule has 0 spiro atoms. The lowest BCUT2D eigenvalue weighted by Gasteiger charge is -2.19. The Balaban J connectivity index is 2.24. The van der Waals surface area contributed by atoms with E-state index in [2.05, 4.69) is 4.98 Å². The van der Waals surface area contributed by atoms with E-state index in [1.165, 1.54) is 11.3 Å². The number of halogens is 1. The Bertz CT molecular complexity index is 384. The van der Waals surface area contributed by atoms with Crippen LogP contribution < -0.4 is 4.90 Å². The second-order valence-electron chi connectivity index (χ2n) is 3.35. The van der Waals surface area contributed by atoms with Crippen LogP contribution in [-0.4, -0.2) is 39.9 Å². The molecular formula is C8H9ClN2O3S. The number of aliphatic carboxylic acids is 1. The Hall–Kier alpha value is -0.850. The van der Waals surface area contributed by atoms with Crippen LogP contribution in [0.25, 0.3) is 0 Å². The lowest BCUT2D eigenvalue weighted by molar-refractivity contribution is -0.138. The Morgan fingerprint density at radius 1 is 1.73 bits per heavy atom. The molecule has 2 atom stereocenters. The smallest absolute Gasteiger partial charge is 0.326 e. The number of aliphatic hydroxyl groups excluding tert-OH is 1. The molecule has 1 aliphatic rings. The maximum absolute atomic E-state index is 10.9. The van der Waals surface area contributed by atoms with Gasteiger partial charge in [-0.1, -0.05) is 11.6 Å². The normalized spacial score (nSPS) is 25.9. The van der Waals surface area contributed by atoms with E-state index in [1.54, 1.807) is 10.3 Å². The van der Waals surface area contributed by atoms with Crippen molar-refractivity contribution in [1.29, 1.82) is 0 Å². The minimum absolute atomic E-state index is 0.229. The predicted molar refractivity (Wildman–Crippen MR) is 56.5 cm³/mol. The number of aromatic nitrogens is 1. The highest BCUT2D eigenvalue weighted by Crippen LogP contribution is 2.30.